The Bertz CT molecular complexity index is 967. The highest BCUT2D eigenvalue weighted by Crippen LogP contribution is 2.47. The standard InChI is InChI=1S/C22H22F3NO2/c1-15-13-26(14-16-5-3-2-4-6-16)11-10-21(15,27)19-18(22(23,24)25)8-7-17-9-12-28-20(17)19/h2-9,12,15,27H,10-11,13-14H2,1H3/t15-,21+/m0/s1. The zero-order chi connectivity index (χ0) is 19.9. The van der Waals surface area contributed by atoms with Crippen LogP contribution in [0.2, 0.25) is 0 Å². The molecule has 6 heteroatoms. The number of aliphatic hydroxyl groups is 1. The highest BCUT2D eigenvalue weighted by Gasteiger charge is 2.47. The average Bonchev–Trinajstić information content (AvgIpc) is 3.13. The fraction of sp³-hybridized carbons (Fsp3) is 0.364. The van der Waals surface area contributed by atoms with Gasteiger partial charge in [-0.3, -0.25) is 4.90 Å². The molecule has 148 valence electrons. The smallest absolute Gasteiger partial charge is 0.416 e. The second kappa shape index (κ2) is 6.94. The van der Waals surface area contributed by atoms with Crippen LogP contribution in [0.25, 0.3) is 11.0 Å². The van der Waals surface area contributed by atoms with Crippen molar-refractivity contribution in [2.75, 3.05) is 13.1 Å². The first-order valence-corrected chi connectivity index (χ1v) is 9.35. The van der Waals surface area contributed by atoms with Gasteiger partial charge in [0.15, 0.2) is 0 Å². The molecule has 1 aliphatic heterocycles. The van der Waals surface area contributed by atoms with Crippen molar-refractivity contribution in [1.82, 2.24) is 4.90 Å². The van der Waals surface area contributed by atoms with E-state index in [1.807, 2.05) is 30.3 Å². The van der Waals surface area contributed by atoms with Gasteiger partial charge >= 0.3 is 6.18 Å². The number of alkyl halides is 3. The minimum atomic E-state index is -4.56. The third-order valence-corrected chi connectivity index (χ3v) is 5.77. The van der Waals surface area contributed by atoms with Crippen molar-refractivity contribution >= 4 is 11.0 Å². The fourth-order valence-electron chi connectivity index (χ4n) is 4.26. The zero-order valence-electron chi connectivity index (χ0n) is 15.5. The van der Waals surface area contributed by atoms with Crippen molar-refractivity contribution in [3.8, 4) is 0 Å². The lowest BCUT2D eigenvalue weighted by Gasteiger charge is -2.44. The van der Waals surface area contributed by atoms with Crippen LogP contribution in [-0.2, 0) is 18.3 Å². The van der Waals surface area contributed by atoms with Crippen LogP contribution in [0.3, 0.4) is 0 Å². The summed E-state index contributed by atoms with van der Waals surface area (Å²) in [5.74, 6) is -0.387. The number of rotatable bonds is 3. The van der Waals surface area contributed by atoms with Gasteiger partial charge in [-0.1, -0.05) is 43.3 Å². The lowest BCUT2D eigenvalue weighted by molar-refractivity contribution is -0.144. The molecule has 3 aromatic rings. The fourth-order valence-corrected chi connectivity index (χ4v) is 4.26. The van der Waals surface area contributed by atoms with Gasteiger partial charge in [0.25, 0.3) is 0 Å². The molecule has 0 spiro atoms. The second-order valence-corrected chi connectivity index (χ2v) is 7.62. The first-order chi connectivity index (χ1) is 13.3. The van der Waals surface area contributed by atoms with E-state index in [1.165, 1.54) is 12.3 Å². The van der Waals surface area contributed by atoms with Gasteiger partial charge in [0.05, 0.1) is 17.4 Å². The highest BCUT2D eigenvalue weighted by atomic mass is 19.4. The molecule has 1 aliphatic rings. The van der Waals surface area contributed by atoms with Crippen LogP contribution in [0.1, 0.15) is 30.0 Å². The van der Waals surface area contributed by atoms with Crippen LogP contribution < -0.4 is 0 Å². The quantitative estimate of drug-likeness (QED) is 0.671. The molecule has 2 heterocycles. The zero-order valence-corrected chi connectivity index (χ0v) is 15.5. The van der Waals surface area contributed by atoms with E-state index in [0.29, 0.717) is 25.0 Å². The molecule has 1 fully saturated rings. The van der Waals surface area contributed by atoms with E-state index in [-0.39, 0.29) is 23.5 Å². The number of fused-ring (bicyclic) bond motifs is 1. The minimum absolute atomic E-state index is 0.126. The van der Waals surface area contributed by atoms with Crippen LogP contribution in [0, 0.1) is 5.92 Å². The van der Waals surface area contributed by atoms with E-state index >= 15 is 0 Å². The van der Waals surface area contributed by atoms with Gasteiger partial charge in [-0.05, 0) is 24.1 Å². The van der Waals surface area contributed by atoms with Gasteiger partial charge in [0, 0.05) is 36.5 Å². The molecule has 2 aromatic carbocycles. The third-order valence-electron chi connectivity index (χ3n) is 5.77. The van der Waals surface area contributed by atoms with Gasteiger partial charge < -0.3 is 9.52 Å². The summed E-state index contributed by atoms with van der Waals surface area (Å²) in [6.45, 7) is 3.52. The van der Waals surface area contributed by atoms with E-state index in [1.54, 1.807) is 13.0 Å². The molecule has 3 nitrogen and oxygen atoms in total. The maximum absolute atomic E-state index is 13.7. The monoisotopic (exact) mass is 389 g/mol. The van der Waals surface area contributed by atoms with Crippen LogP contribution in [-0.4, -0.2) is 23.1 Å². The number of hydrogen-bond donors (Lipinski definition) is 1. The van der Waals surface area contributed by atoms with Gasteiger partial charge in [0.1, 0.15) is 5.58 Å². The number of halogens is 3. The Hall–Kier alpha value is -2.31. The summed E-state index contributed by atoms with van der Waals surface area (Å²) in [7, 11) is 0. The molecule has 1 N–H and O–H groups in total. The molecule has 0 bridgehead atoms. The third kappa shape index (κ3) is 3.31. The minimum Gasteiger partial charge on any atom is -0.464 e. The molecular weight excluding hydrogens is 367 g/mol. The van der Waals surface area contributed by atoms with Crippen LogP contribution in [0.4, 0.5) is 13.2 Å². The Labute approximate surface area is 161 Å². The molecule has 0 aliphatic carbocycles. The van der Waals surface area contributed by atoms with Gasteiger partial charge in [0.2, 0.25) is 0 Å². The predicted molar refractivity (Wildman–Crippen MR) is 101 cm³/mol. The maximum Gasteiger partial charge on any atom is 0.416 e. The molecule has 1 saturated heterocycles. The Morgan fingerprint density at radius 1 is 1.14 bits per heavy atom. The Morgan fingerprint density at radius 3 is 2.57 bits per heavy atom. The van der Waals surface area contributed by atoms with Crippen molar-refractivity contribution in [3.05, 3.63) is 71.5 Å². The summed E-state index contributed by atoms with van der Waals surface area (Å²) < 4.78 is 46.6. The Balaban J connectivity index is 1.69. The van der Waals surface area contributed by atoms with Crippen LogP contribution in [0.5, 0.6) is 0 Å². The van der Waals surface area contributed by atoms with E-state index in [2.05, 4.69) is 4.90 Å². The molecule has 0 amide bonds. The van der Waals surface area contributed by atoms with Crippen molar-refractivity contribution in [2.24, 2.45) is 5.92 Å². The Kier molecular flexibility index (Phi) is 4.71. The summed E-state index contributed by atoms with van der Waals surface area (Å²) in [5.41, 5.74) is -1.28. The SMILES string of the molecule is C[C@H]1CN(Cc2ccccc2)CC[C@]1(O)c1c(C(F)(F)F)ccc2ccoc12. The lowest BCUT2D eigenvalue weighted by atomic mass is 9.74. The van der Waals surface area contributed by atoms with E-state index in [9.17, 15) is 18.3 Å². The van der Waals surface area contributed by atoms with Crippen LogP contribution >= 0.6 is 0 Å². The highest BCUT2D eigenvalue weighted by molar-refractivity contribution is 5.83. The van der Waals surface area contributed by atoms with E-state index in [0.717, 1.165) is 11.6 Å². The number of piperidine rings is 1. The molecule has 28 heavy (non-hydrogen) atoms. The summed E-state index contributed by atoms with van der Waals surface area (Å²) >= 11 is 0. The number of hydrogen-bond acceptors (Lipinski definition) is 3. The molecule has 0 radical (unpaired) electrons. The van der Waals surface area contributed by atoms with Gasteiger partial charge in [-0.2, -0.15) is 13.2 Å². The first kappa shape index (κ1) is 19.0. The number of furan rings is 1. The molecule has 0 unspecified atom stereocenters. The predicted octanol–water partition coefficient (Wildman–Crippen LogP) is 5.18. The number of nitrogens with zero attached hydrogens (tertiary/aromatic N) is 1. The topological polar surface area (TPSA) is 36.6 Å². The van der Waals surface area contributed by atoms with Gasteiger partial charge in [-0.25, -0.2) is 0 Å². The second-order valence-electron chi connectivity index (χ2n) is 7.62. The van der Waals surface area contributed by atoms with Crippen LogP contribution in [0.15, 0.2) is 59.2 Å². The summed E-state index contributed by atoms with van der Waals surface area (Å²) in [6.07, 6.45) is -2.98. The molecular formula is C22H22F3NO2. The first-order valence-electron chi connectivity index (χ1n) is 9.35. The molecule has 2 atom stereocenters. The molecule has 1 aromatic heterocycles. The van der Waals surface area contributed by atoms with E-state index < -0.39 is 17.3 Å². The normalized spacial score (nSPS) is 24.0. The molecule has 0 saturated carbocycles. The van der Waals surface area contributed by atoms with Crippen molar-refractivity contribution in [1.29, 1.82) is 0 Å². The van der Waals surface area contributed by atoms with Crippen molar-refractivity contribution in [2.45, 2.75) is 31.7 Å². The summed E-state index contributed by atoms with van der Waals surface area (Å²) in [5, 5.41) is 12.0. The van der Waals surface area contributed by atoms with Crippen molar-refractivity contribution < 1.29 is 22.7 Å². The maximum atomic E-state index is 13.7. The Morgan fingerprint density at radius 2 is 1.89 bits per heavy atom. The molecule has 4 rings (SSSR count). The largest absolute Gasteiger partial charge is 0.464 e. The lowest BCUT2D eigenvalue weighted by Crippen LogP contribution is -2.49. The summed E-state index contributed by atoms with van der Waals surface area (Å²) in [6, 6.07) is 14.0. The van der Waals surface area contributed by atoms with Gasteiger partial charge in [-0.15, -0.1) is 0 Å². The number of benzene rings is 2. The summed E-state index contributed by atoms with van der Waals surface area (Å²) in [4.78, 5) is 2.17. The van der Waals surface area contributed by atoms with Crippen molar-refractivity contribution in [3.63, 3.8) is 0 Å². The average molecular weight is 389 g/mol. The van der Waals surface area contributed by atoms with E-state index in [4.69, 9.17) is 4.42 Å². The number of likely N-dealkylation sites (tertiary alicyclic amines) is 1.